The Hall–Kier alpha value is -4.04. The van der Waals surface area contributed by atoms with E-state index in [0.29, 0.717) is 27.7 Å². The van der Waals surface area contributed by atoms with Crippen LogP contribution in [0.25, 0.3) is 0 Å². The first kappa shape index (κ1) is 22.6. The van der Waals surface area contributed by atoms with Crippen molar-refractivity contribution in [2.75, 3.05) is 30.1 Å². The Kier molecular flexibility index (Phi) is 7.30. The van der Waals surface area contributed by atoms with Crippen molar-refractivity contribution in [1.82, 2.24) is 0 Å². The van der Waals surface area contributed by atoms with E-state index in [9.17, 15) is 14.4 Å². The van der Waals surface area contributed by atoms with Gasteiger partial charge in [0.1, 0.15) is 5.75 Å². The van der Waals surface area contributed by atoms with Crippen LogP contribution in [0.1, 0.15) is 20.7 Å². The molecule has 0 unspecified atom stereocenters. The normalized spacial score (nSPS) is 10.2. The molecule has 3 rings (SSSR count). The zero-order valence-electron chi connectivity index (χ0n) is 17.1. The fourth-order valence-electron chi connectivity index (χ4n) is 2.77. The monoisotopic (exact) mass is 453 g/mol. The number of halogens is 1. The highest BCUT2D eigenvalue weighted by Crippen LogP contribution is 2.24. The second-order valence-corrected chi connectivity index (χ2v) is 7.02. The molecule has 3 aromatic rings. The molecule has 0 radical (unpaired) electrons. The first-order chi connectivity index (χ1) is 15.4. The largest absolute Gasteiger partial charge is 0.495 e. The van der Waals surface area contributed by atoms with Gasteiger partial charge in [0.15, 0.2) is 6.61 Å². The van der Waals surface area contributed by atoms with Crippen molar-refractivity contribution in [3.8, 4) is 5.75 Å². The second kappa shape index (κ2) is 10.3. The van der Waals surface area contributed by atoms with Gasteiger partial charge in [0.25, 0.3) is 11.8 Å². The summed E-state index contributed by atoms with van der Waals surface area (Å²) in [5.41, 5.74) is 7.37. The van der Waals surface area contributed by atoms with Crippen LogP contribution in [-0.4, -0.2) is 31.5 Å². The number of esters is 1. The molecule has 0 heterocycles. The van der Waals surface area contributed by atoms with Crippen LogP contribution in [0.15, 0.2) is 66.7 Å². The number of amides is 2. The molecule has 0 fully saturated rings. The average Bonchev–Trinajstić information content (AvgIpc) is 2.78. The quantitative estimate of drug-likeness (QED) is 0.367. The van der Waals surface area contributed by atoms with Gasteiger partial charge in [-0.25, -0.2) is 4.79 Å². The van der Waals surface area contributed by atoms with Gasteiger partial charge in [0.2, 0.25) is 0 Å². The van der Waals surface area contributed by atoms with Gasteiger partial charge < -0.3 is 25.8 Å². The van der Waals surface area contributed by atoms with Gasteiger partial charge in [-0.1, -0.05) is 23.7 Å². The molecule has 9 heteroatoms. The van der Waals surface area contributed by atoms with Crippen molar-refractivity contribution >= 4 is 46.4 Å². The number of ether oxygens (including phenoxy) is 2. The molecule has 0 aliphatic rings. The molecule has 8 nitrogen and oxygen atoms in total. The third-order valence-electron chi connectivity index (χ3n) is 4.35. The molecule has 0 aliphatic heterocycles. The molecule has 32 heavy (non-hydrogen) atoms. The smallest absolute Gasteiger partial charge is 0.340 e. The fourth-order valence-corrected chi connectivity index (χ4v) is 2.95. The van der Waals surface area contributed by atoms with Crippen LogP contribution < -0.4 is 21.1 Å². The predicted molar refractivity (Wildman–Crippen MR) is 122 cm³/mol. The van der Waals surface area contributed by atoms with E-state index in [1.54, 1.807) is 48.5 Å². The van der Waals surface area contributed by atoms with Crippen molar-refractivity contribution < 1.29 is 23.9 Å². The third kappa shape index (κ3) is 5.77. The number of anilines is 3. The van der Waals surface area contributed by atoms with E-state index in [4.69, 9.17) is 26.8 Å². The van der Waals surface area contributed by atoms with E-state index >= 15 is 0 Å². The lowest BCUT2D eigenvalue weighted by Crippen LogP contribution is -2.21. The summed E-state index contributed by atoms with van der Waals surface area (Å²) in [5, 5.41) is 5.74. The molecule has 0 bridgehead atoms. The zero-order valence-corrected chi connectivity index (χ0v) is 17.8. The summed E-state index contributed by atoms with van der Waals surface area (Å²) in [5.74, 6) is -1.07. The molecule has 3 aromatic carbocycles. The summed E-state index contributed by atoms with van der Waals surface area (Å²) in [6.45, 7) is -0.503. The number of nitrogen functional groups attached to an aromatic ring is 1. The summed E-state index contributed by atoms with van der Waals surface area (Å²) in [6.07, 6.45) is 0. The highest BCUT2D eigenvalue weighted by Gasteiger charge is 2.14. The van der Waals surface area contributed by atoms with E-state index in [2.05, 4.69) is 10.6 Å². The molecule has 0 saturated carbocycles. The van der Waals surface area contributed by atoms with Crippen LogP contribution in [0.2, 0.25) is 5.02 Å². The fraction of sp³-hybridized carbons (Fsp3) is 0.0870. The Morgan fingerprint density at radius 3 is 2.38 bits per heavy atom. The number of hydrogen-bond acceptors (Lipinski definition) is 6. The summed E-state index contributed by atoms with van der Waals surface area (Å²) >= 11 is 5.80. The van der Waals surface area contributed by atoms with Gasteiger partial charge in [-0.3, -0.25) is 9.59 Å². The van der Waals surface area contributed by atoms with Crippen LogP contribution in [0.3, 0.4) is 0 Å². The van der Waals surface area contributed by atoms with Gasteiger partial charge in [0.05, 0.1) is 18.4 Å². The van der Waals surface area contributed by atoms with Gasteiger partial charge >= 0.3 is 5.97 Å². The Labute approximate surface area is 189 Å². The molecule has 0 aliphatic carbocycles. The number of carbonyl (C=O) groups excluding carboxylic acids is 3. The first-order valence-electron chi connectivity index (χ1n) is 9.44. The van der Waals surface area contributed by atoms with Crippen LogP contribution in [0.4, 0.5) is 17.1 Å². The van der Waals surface area contributed by atoms with E-state index in [1.165, 1.54) is 25.3 Å². The van der Waals surface area contributed by atoms with Gasteiger partial charge in [-0.15, -0.1) is 0 Å². The lowest BCUT2D eigenvalue weighted by molar-refractivity contribution is -0.119. The Morgan fingerprint density at radius 2 is 1.69 bits per heavy atom. The lowest BCUT2D eigenvalue weighted by atomic mass is 10.2. The molecular weight excluding hydrogens is 434 g/mol. The maximum atomic E-state index is 12.4. The lowest BCUT2D eigenvalue weighted by Gasteiger charge is -2.11. The average molecular weight is 454 g/mol. The molecule has 0 atom stereocenters. The van der Waals surface area contributed by atoms with Crippen molar-refractivity contribution in [2.24, 2.45) is 0 Å². The van der Waals surface area contributed by atoms with Crippen LogP contribution in [0.5, 0.6) is 5.75 Å². The van der Waals surface area contributed by atoms with Crippen LogP contribution >= 0.6 is 11.6 Å². The van der Waals surface area contributed by atoms with Gasteiger partial charge in [-0.2, -0.15) is 0 Å². The van der Waals surface area contributed by atoms with Gasteiger partial charge in [-0.05, 0) is 54.6 Å². The molecule has 0 aromatic heterocycles. The number of nitrogens with one attached hydrogen (secondary N) is 2. The topological polar surface area (TPSA) is 120 Å². The summed E-state index contributed by atoms with van der Waals surface area (Å²) in [7, 11) is 1.52. The number of hydrogen-bond donors (Lipinski definition) is 3. The van der Waals surface area contributed by atoms with E-state index < -0.39 is 18.5 Å². The number of methoxy groups -OCH3 is 1. The van der Waals surface area contributed by atoms with E-state index in [-0.39, 0.29) is 17.2 Å². The standard InChI is InChI=1S/C23H20ClN3O5/c1-31-20-5-3-2-4-19(20)27-22(29)14-6-9-16(10-7-14)26-21(28)13-32-23(30)17-11-8-15(24)12-18(17)25/h2-12H,13,25H2,1H3,(H,26,28)(H,27,29). The van der Waals surface area contributed by atoms with E-state index in [1.807, 2.05) is 0 Å². The minimum absolute atomic E-state index is 0.118. The van der Waals surface area contributed by atoms with Crippen LogP contribution in [0, 0.1) is 0 Å². The number of nitrogens with two attached hydrogens (primary N) is 1. The maximum absolute atomic E-state index is 12.4. The Morgan fingerprint density at radius 1 is 0.969 bits per heavy atom. The second-order valence-electron chi connectivity index (χ2n) is 6.59. The minimum atomic E-state index is -0.738. The highest BCUT2D eigenvalue weighted by molar-refractivity contribution is 6.31. The molecule has 0 saturated heterocycles. The summed E-state index contributed by atoms with van der Waals surface area (Å²) in [4.78, 5) is 36.6. The number of rotatable bonds is 7. The molecule has 164 valence electrons. The SMILES string of the molecule is COc1ccccc1NC(=O)c1ccc(NC(=O)COC(=O)c2ccc(Cl)cc2N)cc1. The van der Waals surface area contributed by atoms with Gasteiger partial charge in [0, 0.05) is 22.0 Å². The van der Waals surface area contributed by atoms with Crippen LogP contribution in [-0.2, 0) is 9.53 Å². The highest BCUT2D eigenvalue weighted by atomic mass is 35.5. The number of benzene rings is 3. The number of para-hydroxylation sites is 2. The molecule has 2 amide bonds. The number of carbonyl (C=O) groups is 3. The molecular formula is C23H20ClN3O5. The predicted octanol–water partition coefficient (Wildman–Crippen LogP) is 3.98. The van der Waals surface area contributed by atoms with Crippen molar-refractivity contribution in [3.05, 3.63) is 82.9 Å². The van der Waals surface area contributed by atoms with Crippen molar-refractivity contribution in [2.45, 2.75) is 0 Å². The Balaban J connectivity index is 1.54. The van der Waals surface area contributed by atoms with Crippen molar-refractivity contribution in [1.29, 1.82) is 0 Å². The van der Waals surface area contributed by atoms with Crippen molar-refractivity contribution in [3.63, 3.8) is 0 Å². The van der Waals surface area contributed by atoms with E-state index in [0.717, 1.165) is 0 Å². The summed E-state index contributed by atoms with van der Waals surface area (Å²) in [6, 6.07) is 17.6. The zero-order chi connectivity index (χ0) is 23.1. The third-order valence-corrected chi connectivity index (χ3v) is 4.59. The first-order valence-corrected chi connectivity index (χ1v) is 9.81. The minimum Gasteiger partial charge on any atom is -0.495 e. The summed E-state index contributed by atoms with van der Waals surface area (Å²) < 4.78 is 10.2. The Bertz CT molecular complexity index is 1150. The molecule has 0 spiro atoms. The molecule has 4 N–H and O–H groups in total. The maximum Gasteiger partial charge on any atom is 0.340 e.